The van der Waals surface area contributed by atoms with E-state index < -0.39 is 17.9 Å². The van der Waals surface area contributed by atoms with Crippen LogP contribution in [0.3, 0.4) is 0 Å². The molecule has 0 bridgehead atoms. The Bertz CT molecular complexity index is 801. The van der Waals surface area contributed by atoms with Gasteiger partial charge in [-0.15, -0.1) is 0 Å². The maximum atomic E-state index is 12.0. The zero-order valence-electron chi connectivity index (χ0n) is 14.2. The highest BCUT2D eigenvalue weighted by atomic mass is 79.9. The van der Waals surface area contributed by atoms with E-state index in [0.717, 1.165) is 10.0 Å². The number of aryl methyl sites for hydroxylation is 1. The quantitative estimate of drug-likeness (QED) is 0.674. The fourth-order valence-corrected chi connectivity index (χ4v) is 2.63. The fourth-order valence-electron chi connectivity index (χ4n) is 1.97. The molecule has 0 radical (unpaired) electrons. The van der Waals surface area contributed by atoms with Crippen LogP contribution in [-0.4, -0.2) is 24.5 Å². The van der Waals surface area contributed by atoms with Gasteiger partial charge in [-0.1, -0.05) is 39.7 Å². The number of amides is 2. The van der Waals surface area contributed by atoms with Crippen LogP contribution in [0.4, 0.5) is 0 Å². The predicted octanol–water partition coefficient (Wildman–Crippen LogP) is 3.40. The Morgan fingerprint density at radius 1 is 1.15 bits per heavy atom. The zero-order valence-corrected chi connectivity index (χ0v) is 16.6. The van der Waals surface area contributed by atoms with Crippen molar-refractivity contribution in [2.45, 2.75) is 20.0 Å². The first-order valence-electron chi connectivity index (χ1n) is 7.75. The van der Waals surface area contributed by atoms with Gasteiger partial charge in [-0.05, 0) is 49.7 Å². The lowest BCUT2D eigenvalue weighted by Gasteiger charge is -2.16. The number of hydrazine groups is 1. The van der Waals surface area contributed by atoms with Crippen LogP contribution in [-0.2, 0) is 9.59 Å². The molecule has 2 aromatic carbocycles. The van der Waals surface area contributed by atoms with Crippen molar-refractivity contribution in [3.63, 3.8) is 0 Å². The third-order valence-corrected chi connectivity index (χ3v) is 4.14. The maximum absolute atomic E-state index is 12.0. The molecule has 0 aliphatic heterocycles. The third kappa shape index (κ3) is 5.93. The molecule has 2 N–H and O–H groups in total. The van der Waals surface area contributed by atoms with E-state index >= 15 is 0 Å². The molecule has 8 heteroatoms. The number of carbonyl (C=O) groups excluding carboxylic acids is 2. The van der Waals surface area contributed by atoms with E-state index in [1.165, 1.54) is 0 Å². The second-order valence-electron chi connectivity index (χ2n) is 5.43. The fraction of sp³-hybridized carbons (Fsp3) is 0.222. The average molecular weight is 442 g/mol. The van der Waals surface area contributed by atoms with Gasteiger partial charge in [-0.3, -0.25) is 20.4 Å². The predicted molar refractivity (Wildman–Crippen MR) is 102 cm³/mol. The van der Waals surface area contributed by atoms with Crippen LogP contribution in [0.5, 0.6) is 11.5 Å². The summed E-state index contributed by atoms with van der Waals surface area (Å²) in [7, 11) is 0. The van der Waals surface area contributed by atoms with Gasteiger partial charge in [-0.2, -0.15) is 0 Å². The highest BCUT2D eigenvalue weighted by Crippen LogP contribution is 2.24. The van der Waals surface area contributed by atoms with E-state index in [9.17, 15) is 9.59 Å². The molecule has 2 amide bonds. The lowest BCUT2D eigenvalue weighted by molar-refractivity contribution is -0.133. The Kier molecular flexibility index (Phi) is 7.29. The van der Waals surface area contributed by atoms with E-state index in [-0.39, 0.29) is 6.61 Å². The minimum Gasteiger partial charge on any atom is -0.483 e. The number of hydrogen-bond acceptors (Lipinski definition) is 4. The van der Waals surface area contributed by atoms with Gasteiger partial charge in [0.05, 0.1) is 5.02 Å². The Morgan fingerprint density at radius 2 is 1.88 bits per heavy atom. The standard InChI is InChI=1S/C18H18BrClN2O4/c1-11-9-13(19)7-8-15(11)25-10-17(23)21-22-18(24)12(2)26-16-6-4-3-5-14(16)20/h3-9,12H,10H2,1-2H3,(H,21,23)(H,22,24). The summed E-state index contributed by atoms with van der Waals surface area (Å²) in [5.41, 5.74) is 5.45. The van der Waals surface area contributed by atoms with Crippen molar-refractivity contribution in [1.29, 1.82) is 0 Å². The minimum atomic E-state index is -0.843. The molecule has 138 valence electrons. The number of ether oxygens (including phenoxy) is 2. The second kappa shape index (κ2) is 9.45. The van der Waals surface area contributed by atoms with Gasteiger partial charge in [0, 0.05) is 4.47 Å². The first-order chi connectivity index (χ1) is 12.4. The molecule has 0 fully saturated rings. The van der Waals surface area contributed by atoms with Gasteiger partial charge in [0.2, 0.25) is 0 Å². The van der Waals surface area contributed by atoms with Crippen molar-refractivity contribution in [3.05, 3.63) is 57.5 Å². The SMILES string of the molecule is Cc1cc(Br)ccc1OCC(=O)NNC(=O)C(C)Oc1ccccc1Cl. The molecule has 0 spiro atoms. The number of carbonyl (C=O) groups is 2. The molecule has 6 nitrogen and oxygen atoms in total. The van der Waals surface area contributed by atoms with E-state index in [2.05, 4.69) is 26.8 Å². The van der Waals surface area contributed by atoms with Crippen molar-refractivity contribution in [3.8, 4) is 11.5 Å². The second-order valence-corrected chi connectivity index (χ2v) is 6.75. The van der Waals surface area contributed by atoms with Gasteiger partial charge in [0.25, 0.3) is 11.8 Å². The Hall–Kier alpha value is -2.25. The molecule has 0 aromatic heterocycles. The summed E-state index contributed by atoms with van der Waals surface area (Å²) >= 11 is 9.33. The minimum absolute atomic E-state index is 0.234. The molecule has 0 saturated carbocycles. The third-order valence-electron chi connectivity index (χ3n) is 3.33. The van der Waals surface area contributed by atoms with Crippen LogP contribution >= 0.6 is 27.5 Å². The van der Waals surface area contributed by atoms with Crippen LogP contribution in [0.2, 0.25) is 5.02 Å². The summed E-state index contributed by atoms with van der Waals surface area (Å²) in [5.74, 6) is -0.0361. The van der Waals surface area contributed by atoms with Crippen LogP contribution in [0.1, 0.15) is 12.5 Å². The van der Waals surface area contributed by atoms with Crippen LogP contribution in [0.25, 0.3) is 0 Å². The van der Waals surface area contributed by atoms with Crippen molar-refractivity contribution in [2.75, 3.05) is 6.61 Å². The van der Waals surface area contributed by atoms with E-state index in [0.29, 0.717) is 16.5 Å². The van der Waals surface area contributed by atoms with Crippen LogP contribution in [0.15, 0.2) is 46.9 Å². The van der Waals surface area contributed by atoms with Gasteiger partial charge in [0.1, 0.15) is 11.5 Å². The summed E-state index contributed by atoms with van der Waals surface area (Å²) < 4.78 is 11.8. The van der Waals surface area contributed by atoms with E-state index in [4.69, 9.17) is 21.1 Å². The Labute approximate surface area is 164 Å². The van der Waals surface area contributed by atoms with Gasteiger partial charge in [-0.25, -0.2) is 0 Å². The zero-order chi connectivity index (χ0) is 19.1. The first kappa shape index (κ1) is 20.1. The molecule has 0 aliphatic rings. The molecule has 0 aliphatic carbocycles. The van der Waals surface area contributed by atoms with Crippen molar-refractivity contribution >= 4 is 39.3 Å². The van der Waals surface area contributed by atoms with E-state index in [1.54, 1.807) is 37.3 Å². The van der Waals surface area contributed by atoms with Gasteiger partial charge in [0.15, 0.2) is 12.7 Å². The summed E-state index contributed by atoms with van der Waals surface area (Å²) in [4.78, 5) is 23.8. The number of rotatable bonds is 6. The summed E-state index contributed by atoms with van der Waals surface area (Å²) in [6.07, 6.45) is -0.843. The largest absolute Gasteiger partial charge is 0.483 e. The molecule has 2 aromatic rings. The smallest absolute Gasteiger partial charge is 0.279 e. The number of para-hydroxylation sites is 1. The van der Waals surface area contributed by atoms with Crippen LogP contribution in [0, 0.1) is 6.92 Å². The molecule has 26 heavy (non-hydrogen) atoms. The number of nitrogens with one attached hydrogen (secondary N) is 2. The molecular weight excluding hydrogens is 424 g/mol. The summed E-state index contributed by atoms with van der Waals surface area (Å²) in [6.45, 7) is 3.18. The maximum Gasteiger partial charge on any atom is 0.279 e. The lowest BCUT2D eigenvalue weighted by Crippen LogP contribution is -2.48. The van der Waals surface area contributed by atoms with Crippen LogP contribution < -0.4 is 20.3 Å². The van der Waals surface area contributed by atoms with Crippen molar-refractivity contribution in [2.24, 2.45) is 0 Å². The number of benzene rings is 2. The topological polar surface area (TPSA) is 76.7 Å². The molecule has 0 saturated heterocycles. The number of halogens is 2. The van der Waals surface area contributed by atoms with E-state index in [1.807, 2.05) is 19.1 Å². The highest BCUT2D eigenvalue weighted by Gasteiger charge is 2.16. The van der Waals surface area contributed by atoms with Gasteiger partial charge >= 0.3 is 0 Å². The lowest BCUT2D eigenvalue weighted by atomic mass is 10.2. The molecular formula is C18H18BrClN2O4. The highest BCUT2D eigenvalue weighted by molar-refractivity contribution is 9.10. The van der Waals surface area contributed by atoms with Gasteiger partial charge < -0.3 is 9.47 Å². The van der Waals surface area contributed by atoms with Crippen molar-refractivity contribution < 1.29 is 19.1 Å². The molecule has 0 heterocycles. The Morgan fingerprint density at radius 3 is 2.58 bits per heavy atom. The Balaban J connectivity index is 1.77. The normalized spacial score (nSPS) is 11.4. The summed E-state index contributed by atoms with van der Waals surface area (Å²) in [6, 6.07) is 12.3. The van der Waals surface area contributed by atoms with Crippen molar-refractivity contribution in [1.82, 2.24) is 10.9 Å². The molecule has 2 rings (SSSR count). The summed E-state index contributed by atoms with van der Waals surface area (Å²) in [5, 5.41) is 0.398. The monoisotopic (exact) mass is 440 g/mol. The molecule has 1 atom stereocenters. The molecule has 1 unspecified atom stereocenters. The first-order valence-corrected chi connectivity index (χ1v) is 8.92. The number of hydrogen-bond donors (Lipinski definition) is 2. The average Bonchev–Trinajstić information content (AvgIpc) is 2.60.